The molecule has 1 saturated carbocycles. The minimum Gasteiger partial charge on any atom is -0.325 e. The van der Waals surface area contributed by atoms with Crippen LogP contribution < -0.4 is 5.73 Å². The van der Waals surface area contributed by atoms with Gasteiger partial charge in [-0.15, -0.1) is 0 Å². The molecular weight excluding hydrogens is 245 g/mol. The molecule has 0 heterocycles. The molecule has 0 radical (unpaired) electrons. The number of hydrogen-bond donors (Lipinski definition) is 1. The Hall–Kier alpha value is -0.410. The van der Waals surface area contributed by atoms with Crippen molar-refractivity contribution in [2.24, 2.45) is 5.73 Å². The van der Waals surface area contributed by atoms with Crippen molar-refractivity contribution in [1.82, 2.24) is 0 Å². The van der Waals surface area contributed by atoms with Crippen LogP contribution in [0.2, 0.25) is 0 Å². The Bertz CT molecular complexity index is 372. The average Bonchev–Trinajstić information content (AvgIpc) is 2.79. The SMILES string of the molecule is Cc1cc(Br)c(F)c(CC2(N)CC2)c1. The summed E-state index contributed by atoms with van der Waals surface area (Å²) in [4.78, 5) is 0. The zero-order valence-electron chi connectivity index (χ0n) is 8.11. The smallest absolute Gasteiger partial charge is 0.140 e. The van der Waals surface area contributed by atoms with Crippen molar-refractivity contribution in [3.63, 3.8) is 0 Å². The summed E-state index contributed by atoms with van der Waals surface area (Å²) >= 11 is 3.21. The van der Waals surface area contributed by atoms with Gasteiger partial charge in [-0.2, -0.15) is 0 Å². The van der Waals surface area contributed by atoms with E-state index in [-0.39, 0.29) is 11.4 Å². The third-order valence-corrected chi connectivity index (χ3v) is 3.26. The molecule has 14 heavy (non-hydrogen) atoms. The molecule has 1 aromatic carbocycles. The van der Waals surface area contributed by atoms with Gasteiger partial charge >= 0.3 is 0 Å². The van der Waals surface area contributed by atoms with Gasteiger partial charge in [-0.3, -0.25) is 0 Å². The molecule has 3 heteroatoms. The second-order valence-electron chi connectivity index (χ2n) is 4.26. The summed E-state index contributed by atoms with van der Waals surface area (Å²) in [5.74, 6) is -0.160. The van der Waals surface area contributed by atoms with Gasteiger partial charge in [0.25, 0.3) is 0 Å². The molecule has 2 N–H and O–H groups in total. The Morgan fingerprint density at radius 1 is 1.50 bits per heavy atom. The fraction of sp³-hybridized carbons (Fsp3) is 0.455. The van der Waals surface area contributed by atoms with Crippen LogP contribution in [0.15, 0.2) is 16.6 Å². The normalized spacial score (nSPS) is 18.3. The van der Waals surface area contributed by atoms with Gasteiger partial charge in [-0.05, 0) is 59.3 Å². The standard InChI is InChI=1S/C11H13BrFN/c1-7-4-8(6-11(14)2-3-11)10(13)9(12)5-7/h4-5H,2-3,6,14H2,1H3. The van der Waals surface area contributed by atoms with E-state index in [1.165, 1.54) is 0 Å². The van der Waals surface area contributed by atoms with E-state index in [4.69, 9.17) is 5.73 Å². The lowest BCUT2D eigenvalue weighted by molar-refractivity contribution is 0.577. The van der Waals surface area contributed by atoms with E-state index in [1.807, 2.05) is 13.0 Å². The molecule has 1 aliphatic carbocycles. The van der Waals surface area contributed by atoms with Gasteiger partial charge in [0.05, 0.1) is 4.47 Å². The van der Waals surface area contributed by atoms with Crippen molar-refractivity contribution in [2.75, 3.05) is 0 Å². The minimum absolute atomic E-state index is 0.131. The van der Waals surface area contributed by atoms with Crippen molar-refractivity contribution in [2.45, 2.75) is 31.7 Å². The van der Waals surface area contributed by atoms with Gasteiger partial charge in [0.1, 0.15) is 5.82 Å². The third-order valence-electron chi connectivity index (χ3n) is 2.68. The van der Waals surface area contributed by atoms with Crippen molar-refractivity contribution in [3.05, 3.63) is 33.5 Å². The Labute approximate surface area is 91.6 Å². The van der Waals surface area contributed by atoms with E-state index in [2.05, 4.69) is 15.9 Å². The van der Waals surface area contributed by atoms with Crippen LogP contribution >= 0.6 is 15.9 Å². The molecule has 0 aliphatic heterocycles. The van der Waals surface area contributed by atoms with Gasteiger partial charge in [-0.25, -0.2) is 4.39 Å². The zero-order valence-corrected chi connectivity index (χ0v) is 9.70. The predicted octanol–water partition coefficient (Wildman–Crippen LogP) is 2.93. The Balaban J connectivity index is 2.32. The maximum atomic E-state index is 13.6. The quantitative estimate of drug-likeness (QED) is 0.867. The van der Waals surface area contributed by atoms with Crippen LogP contribution in [0.5, 0.6) is 0 Å². The number of aryl methyl sites for hydroxylation is 1. The van der Waals surface area contributed by atoms with Crippen LogP contribution in [-0.4, -0.2) is 5.54 Å². The van der Waals surface area contributed by atoms with Crippen LogP contribution in [-0.2, 0) is 6.42 Å². The highest BCUT2D eigenvalue weighted by atomic mass is 79.9. The molecule has 0 spiro atoms. The van der Waals surface area contributed by atoms with Crippen LogP contribution in [0.25, 0.3) is 0 Å². The third kappa shape index (κ3) is 1.98. The Morgan fingerprint density at radius 3 is 2.71 bits per heavy atom. The highest BCUT2D eigenvalue weighted by molar-refractivity contribution is 9.10. The van der Waals surface area contributed by atoms with Gasteiger partial charge in [0, 0.05) is 5.54 Å². The van der Waals surface area contributed by atoms with E-state index in [0.29, 0.717) is 10.9 Å². The molecule has 0 saturated heterocycles. The maximum absolute atomic E-state index is 13.6. The molecule has 0 bridgehead atoms. The lowest BCUT2D eigenvalue weighted by Crippen LogP contribution is -2.25. The summed E-state index contributed by atoms with van der Waals surface area (Å²) in [5.41, 5.74) is 7.64. The van der Waals surface area contributed by atoms with Crippen molar-refractivity contribution >= 4 is 15.9 Å². The van der Waals surface area contributed by atoms with E-state index in [9.17, 15) is 4.39 Å². The molecule has 0 unspecified atom stereocenters. The van der Waals surface area contributed by atoms with Crippen molar-refractivity contribution in [3.8, 4) is 0 Å². The van der Waals surface area contributed by atoms with Gasteiger partial charge in [-0.1, -0.05) is 6.07 Å². The molecule has 0 amide bonds. The summed E-state index contributed by atoms with van der Waals surface area (Å²) in [6.07, 6.45) is 2.68. The first kappa shape index (κ1) is 10.1. The molecule has 76 valence electrons. The number of nitrogens with two attached hydrogens (primary N) is 1. The van der Waals surface area contributed by atoms with Crippen LogP contribution in [0.1, 0.15) is 24.0 Å². The van der Waals surface area contributed by atoms with Gasteiger partial charge < -0.3 is 5.73 Å². The second-order valence-corrected chi connectivity index (χ2v) is 5.11. The maximum Gasteiger partial charge on any atom is 0.140 e. The molecule has 1 aromatic rings. The van der Waals surface area contributed by atoms with E-state index in [1.54, 1.807) is 6.07 Å². The zero-order chi connectivity index (χ0) is 10.3. The van der Waals surface area contributed by atoms with E-state index >= 15 is 0 Å². The molecule has 0 atom stereocenters. The van der Waals surface area contributed by atoms with Crippen molar-refractivity contribution < 1.29 is 4.39 Å². The van der Waals surface area contributed by atoms with Gasteiger partial charge in [0.2, 0.25) is 0 Å². The summed E-state index contributed by atoms with van der Waals surface area (Å²) in [6.45, 7) is 1.96. The lowest BCUT2D eigenvalue weighted by atomic mass is 10.0. The Kier molecular flexibility index (Phi) is 2.40. The highest BCUT2D eigenvalue weighted by Crippen LogP contribution is 2.37. The lowest BCUT2D eigenvalue weighted by Gasteiger charge is -2.11. The first-order valence-corrected chi connectivity index (χ1v) is 5.53. The first-order valence-electron chi connectivity index (χ1n) is 4.74. The molecule has 1 fully saturated rings. The number of benzene rings is 1. The fourth-order valence-corrected chi connectivity index (χ4v) is 2.26. The summed E-state index contributed by atoms with van der Waals surface area (Å²) in [7, 11) is 0. The number of rotatable bonds is 2. The molecule has 2 rings (SSSR count). The minimum atomic E-state index is -0.160. The number of hydrogen-bond acceptors (Lipinski definition) is 1. The summed E-state index contributed by atoms with van der Waals surface area (Å²) in [6, 6.07) is 3.67. The van der Waals surface area contributed by atoms with E-state index in [0.717, 1.165) is 24.0 Å². The largest absolute Gasteiger partial charge is 0.325 e. The van der Waals surface area contributed by atoms with Crippen LogP contribution in [0.4, 0.5) is 4.39 Å². The van der Waals surface area contributed by atoms with Gasteiger partial charge in [0.15, 0.2) is 0 Å². The average molecular weight is 258 g/mol. The number of halogens is 2. The molecule has 0 aromatic heterocycles. The van der Waals surface area contributed by atoms with E-state index < -0.39 is 0 Å². The first-order chi connectivity index (χ1) is 6.50. The summed E-state index contributed by atoms with van der Waals surface area (Å²) < 4.78 is 14.2. The summed E-state index contributed by atoms with van der Waals surface area (Å²) in [5, 5.41) is 0. The Morgan fingerprint density at radius 2 is 2.14 bits per heavy atom. The van der Waals surface area contributed by atoms with Crippen LogP contribution in [0, 0.1) is 12.7 Å². The molecular formula is C11H13BrFN. The predicted molar refractivity (Wildman–Crippen MR) is 58.7 cm³/mol. The monoisotopic (exact) mass is 257 g/mol. The second kappa shape index (κ2) is 3.31. The highest BCUT2D eigenvalue weighted by Gasteiger charge is 2.38. The fourth-order valence-electron chi connectivity index (χ4n) is 1.64. The van der Waals surface area contributed by atoms with Crippen molar-refractivity contribution in [1.29, 1.82) is 0 Å². The molecule has 1 aliphatic rings. The topological polar surface area (TPSA) is 26.0 Å². The van der Waals surface area contributed by atoms with Crippen LogP contribution in [0.3, 0.4) is 0 Å². The molecule has 1 nitrogen and oxygen atoms in total.